The summed E-state index contributed by atoms with van der Waals surface area (Å²) in [6.45, 7) is 9.44. The van der Waals surface area contributed by atoms with Gasteiger partial charge >= 0.3 is 0 Å². The molecular formula is C40H79N2+. The molecule has 42 heavy (non-hydrogen) atoms. The molecule has 0 fully saturated rings. The van der Waals surface area contributed by atoms with Crippen molar-refractivity contribution in [1.29, 1.82) is 0 Å². The molecule has 0 spiro atoms. The van der Waals surface area contributed by atoms with Gasteiger partial charge in [0.1, 0.15) is 12.4 Å². The highest BCUT2D eigenvalue weighted by molar-refractivity contribution is 4.89. The van der Waals surface area contributed by atoms with Gasteiger partial charge in [0.25, 0.3) is 5.82 Å². The van der Waals surface area contributed by atoms with Crippen LogP contribution in [0.3, 0.4) is 0 Å². The lowest BCUT2D eigenvalue weighted by molar-refractivity contribution is -0.727. The van der Waals surface area contributed by atoms with Gasteiger partial charge in [-0.1, -0.05) is 194 Å². The maximum absolute atomic E-state index is 3.65. The molecule has 0 amide bonds. The molecule has 0 aromatic carbocycles. The molecule has 1 rings (SSSR count). The van der Waals surface area contributed by atoms with Crippen LogP contribution in [-0.2, 0) is 0 Å². The summed E-state index contributed by atoms with van der Waals surface area (Å²) in [5, 5.41) is 0. The van der Waals surface area contributed by atoms with Gasteiger partial charge in [-0.25, -0.2) is 9.55 Å². The lowest BCUT2D eigenvalue weighted by Crippen LogP contribution is -2.41. The monoisotopic (exact) mass is 588 g/mol. The first kappa shape index (κ1) is 39.2. The van der Waals surface area contributed by atoms with E-state index in [0.717, 1.165) is 0 Å². The second-order valence-electron chi connectivity index (χ2n) is 14.0. The molecule has 1 aromatic rings. The quantitative estimate of drug-likeness (QED) is 0.0623. The van der Waals surface area contributed by atoms with Crippen LogP contribution in [0.1, 0.15) is 245 Å². The van der Waals surface area contributed by atoms with E-state index in [-0.39, 0.29) is 0 Å². The molecule has 2 nitrogen and oxygen atoms in total. The smallest absolute Gasteiger partial charge is 0.247 e. The highest BCUT2D eigenvalue weighted by atomic mass is 15.1. The van der Waals surface area contributed by atoms with Crippen LogP contribution in [0.4, 0.5) is 0 Å². The third-order valence-electron chi connectivity index (χ3n) is 9.98. The number of rotatable bonds is 33. The zero-order valence-electron chi connectivity index (χ0n) is 29.7. The highest BCUT2D eigenvalue weighted by Crippen LogP contribution is 2.24. The number of H-pyrrole nitrogens is 1. The Morgan fingerprint density at radius 1 is 0.476 bits per heavy atom. The molecule has 0 aliphatic carbocycles. The Bertz CT molecular complexity index is 650. The fourth-order valence-electron chi connectivity index (χ4n) is 6.96. The van der Waals surface area contributed by atoms with Gasteiger partial charge < -0.3 is 0 Å². The second kappa shape index (κ2) is 30.2. The molecular weight excluding hydrogens is 508 g/mol. The van der Waals surface area contributed by atoms with Crippen LogP contribution in [0.5, 0.6) is 0 Å². The van der Waals surface area contributed by atoms with Crippen LogP contribution >= 0.6 is 0 Å². The molecule has 2 atom stereocenters. The van der Waals surface area contributed by atoms with E-state index in [9.17, 15) is 0 Å². The predicted octanol–water partition coefficient (Wildman–Crippen LogP) is 14.1. The first-order chi connectivity index (χ1) is 20.7. The van der Waals surface area contributed by atoms with Crippen LogP contribution in [0.15, 0.2) is 12.4 Å². The molecule has 248 valence electrons. The highest BCUT2D eigenvalue weighted by Gasteiger charge is 2.24. The van der Waals surface area contributed by atoms with E-state index in [2.05, 4.69) is 49.6 Å². The molecule has 1 aromatic heterocycles. The number of nitrogens with zero attached hydrogens (tertiary/aromatic N) is 1. The molecule has 0 saturated heterocycles. The van der Waals surface area contributed by atoms with Gasteiger partial charge in [-0.15, -0.1) is 0 Å². The summed E-state index contributed by atoms with van der Waals surface area (Å²) in [5.41, 5.74) is 0. The van der Waals surface area contributed by atoms with Crippen LogP contribution < -0.4 is 4.57 Å². The first-order valence-corrected chi connectivity index (χ1v) is 19.8. The molecule has 2 heteroatoms. The fraction of sp³-hybridized carbons (Fsp3) is 0.925. The molecule has 1 heterocycles. The van der Waals surface area contributed by atoms with Crippen LogP contribution in [0.25, 0.3) is 0 Å². The third-order valence-corrected chi connectivity index (χ3v) is 9.98. The van der Waals surface area contributed by atoms with Crippen LogP contribution in [0, 0.1) is 0 Å². The van der Waals surface area contributed by atoms with E-state index >= 15 is 0 Å². The average Bonchev–Trinajstić information content (AvgIpc) is 3.49. The maximum atomic E-state index is 3.65. The lowest BCUT2D eigenvalue weighted by Gasteiger charge is -2.16. The molecule has 0 saturated carbocycles. The van der Waals surface area contributed by atoms with Crippen molar-refractivity contribution in [3.63, 3.8) is 0 Å². The Labute approximate surface area is 266 Å². The van der Waals surface area contributed by atoms with Crippen LogP contribution in [-0.4, -0.2) is 4.98 Å². The number of aromatic nitrogens is 2. The van der Waals surface area contributed by atoms with Gasteiger partial charge in [-0.3, -0.25) is 0 Å². The Morgan fingerprint density at radius 2 is 0.810 bits per heavy atom. The topological polar surface area (TPSA) is 19.7 Å². The van der Waals surface area contributed by atoms with Crippen molar-refractivity contribution in [3.05, 3.63) is 18.2 Å². The molecule has 0 bridgehead atoms. The maximum Gasteiger partial charge on any atom is 0.257 e. The summed E-state index contributed by atoms with van der Waals surface area (Å²) < 4.78 is 2.58. The number of nitrogens with one attached hydrogen (secondary N) is 1. The summed E-state index contributed by atoms with van der Waals surface area (Å²) in [6, 6.07) is 0.619. The number of aromatic amines is 1. The Hall–Kier alpha value is -0.790. The van der Waals surface area contributed by atoms with Crippen molar-refractivity contribution in [2.75, 3.05) is 0 Å². The van der Waals surface area contributed by atoms with E-state index in [1.807, 2.05) is 0 Å². The van der Waals surface area contributed by atoms with Gasteiger partial charge in [0, 0.05) is 0 Å². The third kappa shape index (κ3) is 21.8. The van der Waals surface area contributed by atoms with Gasteiger partial charge in [0.15, 0.2) is 0 Å². The first-order valence-electron chi connectivity index (χ1n) is 19.8. The van der Waals surface area contributed by atoms with E-state index < -0.39 is 0 Å². The van der Waals surface area contributed by atoms with Crippen molar-refractivity contribution in [2.45, 2.75) is 239 Å². The lowest BCUT2D eigenvalue weighted by atomic mass is 9.96. The summed E-state index contributed by atoms with van der Waals surface area (Å²) in [6.07, 6.45) is 48.9. The van der Waals surface area contributed by atoms with Crippen molar-refractivity contribution in [2.24, 2.45) is 0 Å². The normalized spacial score (nSPS) is 13.1. The van der Waals surface area contributed by atoms with Gasteiger partial charge in [0.2, 0.25) is 0 Å². The Kier molecular flexibility index (Phi) is 28.3. The van der Waals surface area contributed by atoms with E-state index in [1.54, 1.807) is 0 Å². The van der Waals surface area contributed by atoms with Crippen molar-refractivity contribution >= 4 is 0 Å². The molecule has 1 N–H and O–H groups in total. The SMILES string of the molecule is CCCCCCCCCCCCCCCCC(CC)c1[nH]cc[n+]1C(C)CCCCCCCCCCCCCCCC. The van der Waals surface area contributed by atoms with Gasteiger partial charge in [-0.05, 0) is 32.6 Å². The van der Waals surface area contributed by atoms with Gasteiger partial charge in [0.05, 0.1) is 12.0 Å². The molecule has 0 aliphatic heterocycles. The van der Waals surface area contributed by atoms with Crippen molar-refractivity contribution < 1.29 is 4.57 Å². The molecule has 0 radical (unpaired) electrons. The number of hydrogen-bond acceptors (Lipinski definition) is 0. The number of hydrogen-bond donors (Lipinski definition) is 1. The average molecular weight is 588 g/mol. The standard InChI is InChI=1S/C40H78N2/c1-5-8-10-12-14-16-18-20-22-24-26-28-30-32-34-38(4)42-37-36-41-40(42)39(7-3)35-33-31-29-27-25-23-21-19-17-15-13-11-9-6-2/h36-39H,5-35H2,1-4H3/p+1. The summed E-state index contributed by atoms with van der Waals surface area (Å²) >= 11 is 0. The number of unbranched alkanes of at least 4 members (excludes halogenated alkanes) is 26. The minimum absolute atomic E-state index is 0.619. The number of imidazole rings is 1. The zero-order chi connectivity index (χ0) is 30.4. The Balaban J connectivity index is 2.05. The summed E-state index contributed by atoms with van der Waals surface area (Å²) in [5.74, 6) is 2.18. The molecule has 2 unspecified atom stereocenters. The zero-order valence-corrected chi connectivity index (χ0v) is 29.7. The fourth-order valence-corrected chi connectivity index (χ4v) is 6.96. The predicted molar refractivity (Wildman–Crippen MR) is 189 cm³/mol. The van der Waals surface area contributed by atoms with Crippen LogP contribution in [0.2, 0.25) is 0 Å². The van der Waals surface area contributed by atoms with E-state index in [1.165, 1.54) is 205 Å². The van der Waals surface area contributed by atoms with E-state index in [4.69, 9.17) is 0 Å². The summed E-state index contributed by atoms with van der Waals surface area (Å²) in [7, 11) is 0. The van der Waals surface area contributed by atoms with Gasteiger partial charge in [-0.2, -0.15) is 0 Å². The van der Waals surface area contributed by atoms with E-state index in [0.29, 0.717) is 12.0 Å². The van der Waals surface area contributed by atoms with Crippen molar-refractivity contribution in [1.82, 2.24) is 4.98 Å². The largest absolute Gasteiger partial charge is 0.257 e. The minimum Gasteiger partial charge on any atom is -0.247 e. The molecule has 0 aliphatic rings. The second-order valence-corrected chi connectivity index (χ2v) is 14.0. The van der Waals surface area contributed by atoms with Crippen molar-refractivity contribution in [3.8, 4) is 0 Å². The Morgan fingerprint density at radius 3 is 1.17 bits per heavy atom. The summed E-state index contributed by atoms with van der Waals surface area (Å²) in [4.78, 5) is 3.65. The minimum atomic E-state index is 0.619.